The summed E-state index contributed by atoms with van der Waals surface area (Å²) in [4.78, 5) is 28.3. The van der Waals surface area contributed by atoms with Gasteiger partial charge in [0.25, 0.3) is 5.91 Å². The predicted molar refractivity (Wildman–Crippen MR) is 97.3 cm³/mol. The fraction of sp³-hybridized carbons (Fsp3) is 0.364. The highest BCUT2D eigenvalue weighted by molar-refractivity contribution is 6.11. The maximum atomic E-state index is 13.4. The molecule has 2 aromatic rings. The third kappa shape index (κ3) is 2.60. The van der Waals surface area contributed by atoms with Crippen molar-refractivity contribution < 1.29 is 18.7 Å². The SMILES string of the molecule is O=C1C2=C(OC3CCCCC13)C(=O)N(Cc1ccco1)C2c1ccccc1. The molecule has 0 spiro atoms. The Morgan fingerprint density at radius 1 is 1.00 bits per heavy atom. The van der Waals surface area contributed by atoms with Crippen LogP contribution >= 0.6 is 0 Å². The molecular formula is C22H21NO4. The number of hydrogen-bond donors (Lipinski definition) is 0. The number of rotatable bonds is 3. The van der Waals surface area contributed by atoms with E-state index in [1.807, 2.05) is 36.4 Å². The second-order valence-electron chi connectivity index (χ2n) is 7.48. The second kappa shape index (κ2) is 6.41. The average molecular weight is 363 g/mol. The van der Waals surface area contributed by atoms with E-state index in [1.165, 1.54) is 0 Å². The van der Waals surface area contributed by atoms with E-state index in [2.05, 4.69) is 0 Å². The minimum atomic E-state index is -0.422. The maximum Gasteiger partial charge on any atom is 0.290 e. The highest BCUT2D eigenvalue weighted by atomic mass is 16.5. The van der Waals surface area contributed by atoms with E-state index in [0.29, 0.717) is 17.9 Å². The average Bonchev–Trinajstić information content (AvgIpc) is 3.31. The zero-order valence-electron chi connectivity index (χ0n) is 15.0. The van der Waals surface area contributed by atoms with Gasteiger partial charge in [-0.15, -0.1) is 0 Å². The number of ether oxygens (including phenoxy) is 1. The molecule has 3 unspecified atom stereocenters. The Labute approximate surface area is 157 Å². The Morgan fingerprint density at radius 2 is 1.81 bits per heavy atom. The molecule has 3 heterocycles. The molecule has 5 heteroatoms. The lowest BCUT2D eigenvalue weighted by Crippen LogP contribution is -2.39. The maximum absolute atomic E-state index is 13.4. The topological polar surface area (TPSA) is 59.8 Å². The largest absolute Gasteiger partial charge is 0.483 e. The summed E-state index contributed by atoms with van der Waals surface area (Å²) in [6.45, 7) is 0.310. The highest BCUT2D eigenvalue weighted by Gasteiger charge is 2.51. The lowest BCUT2D eigenvalue weighted by molar-refractivity contribution is -0.135. The zero-order valence-corrected chi connectivity index (χ0v) is 15.0. The number of carbonyl (C=O) groups excluding carboxylic acids is 2. The Morgan fingerprint density at radius 3 is 2.59 bits per heavy atom. The number of benzene rings is 1. The van der Waals surface area contributed by atoms with Crippen molar-refractivity contribution in [3.8, 4) is 0 Å². The lowest BCUT2D eigenvalue weighted by atomic mass is 9.77. The third-order valence-corrected chi connectivity index (χ3v) is 5.88. The molecule has 0 saturated heterocycles. The standard InChI is InChI=1S/C22H21NO4/c24-20-16-10-4-5-11-17(16)27-21-18(20)19(14-7-2-1-3-8-14)23(22(21)25)13-15-9-6-12-26-15/h1-3,6-9,12,16-17,19H,4-5,10-11,13H2. The van der Waals surface area contributed by atoms with E-state index < -0.39 is 6.04 Å². The van der Waals surface area contributed by atoms with Gasteiger partial charge in [-0.05, 0) is 37.0 Å². The first-order valence-corrected chi connectivity index (χ1v) is 9.57. The van der Waals surface area contributed by atoms with Gasteiger partial charge >= 0.3 is 0 Å². The molecule has 27 heavy (non-hydrogen) atoms. The molecule has 0 bridgehead atoms. The number of hydrogen-bond acceptors (Lipinski definition) is 4. The van der Waals surface area contributed by atoms with E-state index in [9.17, 15) is 9.59 Å². The smallest absolute Gasteiger partial charge is 0.290 e. The van der Waals surface area contributed by atoms with Gasteiger partial charge in [0.05, 0.1) is 30.3 Å². The van der Waals surface area contributed by atoms with Gasteiger partial charge in [-0.2, -0.15) is 0 Å². The van der Waals surface area contributed by atoms with Crippen LogP contribution in [-0.2, 0) is 20.9 Å². The van der Waals surface area contributed by atoms with Crippen LogP contribution in [-0.4, -0.2) is 22.7 Å². The van der Waals surface area contributed by atoms with Crippen molar-refractivity contribution >= 4 is 11.7 Å². The molecule has 5 rings (SSSR count). The molecule has 2 aliphatic heterocycles. The third-order valence-electron chi connectivity index (χ3n) is 5.88. The summed E-state index contributed by atoms with van der Waals surface area (Å²) >= 11 is 0. The Bertz CT molecular complexity index is 900. The number of Topliss-reactive ketones (excluding diaryl/α,β-unsaturated/α-hetero) is 1. The molecule has 1 fully saturated rings. The quantitative estimate of drug-likeness (QED) is 0.833. The molecule has 1 aliphatic carbocycles. The molecule has 5 nitrogen and oxygen atoms in total. The molecular weight excluding hydrogens is 342 g/mol. The molecule has 1 aromatic heterocycles. The zero-order chi connectivity index (χ0) is 18.4. The summed E-state index contributed by atoms with van der Waals surface area (Å²) in [5.74, 6) is 0.690. The summed E-state index contributed by atoms with van der Waals surface area (Å²) in [6.07, 6.45) is 5.20. The fourth-order valence-electron chi connectivity index (χ4n) is 4.61. The minimum Gasteiger partial charge on any atom is -0.483 e. The summed E-state index contributed by atoms with van der Waals surface area (Å²) in [5.41, 5.74) is 1.45. The van der Waals surface area contributed by atoms with E-state index in [1.54, 1.807) is 17.2 Å². The van der Waals surface area contributed by atoms with E-state index in [4.69, 9.17) is 9.15 Å². The number of nitrogens with zero attached hydrogens (tertiary/aromatic N) is 1. The summed E-state index contributed by atoms with van der Waals surface area (Å²) in [6, 6.07) is 12.9. The summed E-state index contributed by atoms with van der Waals surface area (Å²) < 4.78 is 11.6. The van der Waals surface area contributed by atoms with Crippen molar-refractivity contribution in [2.45, 2.75) is 44.4 Å². The Kier molecular flexibility index (Phi) is 3.88. The first kappa shape index (κ1) is 16.4. The number of carbonyl (C=O) groups is 2. The van der Waals surface area contributed by atoms with E-state index in [-0.39, 0.29) is 29.5 Å². The molecule has 3 aliphatic rings. The van der Waals surface area contributed by atoms with Gasteiger partial charge in [0.1, 0.15) is 11.9 Å². The number of ketones is 1. The van der Waals surface area contributed by atoms with Gasteiger partial charge in [-0.3, -0.25) is 9.59 Å². The monoisotopic (exact) mass is 363 g/mol. The van der Waals surface area contributed by atoms with Gasteiger partial charge in [-0.1, -0.05) is 36.8 Å². The van der Waals surface area contributed by atoms with Crippen molar-refractivity contribution in [1.29, 1.82) is 0 Å². The summed E-state index contributed by atoms with van der Waals surface area (Å²) in [7, 11) is 0. The molecule has 138 valence electrons. The second-order valence-corrected chi connectivity index (χ2v) is 7.48. The molecule has 0 radical (unpaired) electrons. The van der Waals surface area contributed by atoms with Gasteiger partial charge < -0.3 is 14.1 Å². The minimum absolute atomic E-state index is 0.0881. The van der Waals surface area contributed by atoms with E-state index in [0.717, 1.165) is 31.2 Å². The van der Waals surface area contributed by atoms with Crippen LogP contribution in [0.4, 0.5) is 0 Å². The van der Waals surface area contributed by atoms with E-state index >= 15 is 0 Å². The van der Waals surface area contributed by atoms with Crippen LogP contribution < -0.4 is 0 Å². The number of amides is 1. The van der Waals surface area contributed by atoms with Gasteiger partial charge in [0, 0.05) is 0 Å². The molecule has 1 aromatic carbocycles. The van der Waals surface area contributed by atoms with Crippen LogP contribution in [0, 0.1) is 5.92 Å². The van der Waals surface area contributed by atoms with Crippen molar-refractivity contribution in [3.05, 3.63) is 71.4 Å². The van der Waals surface area contributed by atoms with Crippen LogP contribution in [0.15, 0.2) is 64.5 Å². The number of fused-ring (bicyclic) bond motifs is 1. The van der Waals surface area contributed by atoms with Crippen LogP contribution in [0.1, 0.15) is 43.0 Å². The molecule has 1 amide bonds. The van der Waals surface area contributed by atoms with Crippen molar-refractivity contribution in [3.63, 3.8) is 0 Å². The highest BCUT2D eigenvalue weighted by Crippen LogP contribution is 2.47. The number of furan rings is 1. The van der Waals surface area contributed by atoms with Crippen LogP contribution in [0.25, 0.3) is 0 Å². The van der Waals surface area contributed by atoms with Gasteiger partial charge in [0.15, 0.2) is 11.5 Å². The summed E-state index contributed by atoms with van der Waals surface area (Å²) in [5, 5.41) is 0. The molecule has 0 N–H and O–H groups in total. The molecule has 1 saturated carbocycles. The van der Waals surface area contributed by atoms with Crippen molar-refractivity contribution in [2.75, 3.05) is 0 Å². The first-order chi connectivity index (χ1) is 13.2. The lowest BCUT2D eigenvalue weighted by Gasteiger charge is -2.35. The van der Waals surface area contributed by atoms with Crippen molar-refractivity contribution in [1.82, 2.24) is 4.90 Å². The predicted octanol–water partition coefficient (Wildman–Crippen LogP) is 3.78. The van der Waals surface area contributed by atoms with Gasteiger partial charge in [0.2, 0.25) is 0 Å². The van der Waals surface area contributed by atoms with Crippen molar-refractivity contribution in [2.24, 2.45) is 5.92 Å². The van der Waals surface area contributed by atoms with Gasteiger partial charge in [-0.25, -0.2) is 0 Å². The van der Waals surface area contributed by atoms with Crippen LogP contribution in [0.3, 0.4) is 0 Å². The Balaban J connectivity index is 1.59. The Hall–Kier alpha value is -2.82. The van der Waals surface area contributed by atoms with Crippen LogP contribution in [0.2, 0.25) is 0 Å². The van der Waals surface area contributed by atoms with Crippen LogP contribution in [0.5, 0.6) is 0 Å². The fourth-order valence-corrected chi connectivity index (χ4v) is 4.61. The molecule has 3 atom stereocenters. The normalized spacial score (nSPS) is 27.4. The first-order valence-electron chi connectivity index (χ1n) is 9.57.